The fraction of sp³-hybridized carbons (Fsp3) is 0.0154. The van der Waals surface area contributed by atoms with E-state index in [1.807, 2.05) is 12.1 Å². The van der Waals surface area contributed by atoms with E-state index >= 15 is 0 Å². The van der Waals surface area contributed by atoms with Crippen molar-refractivity contribution in [3.8, 4) is 44.5 Å². The molecule has 0 N–H and O–H groups in total. The molecule has 0 unspecified atom stereocenters. The molecular formula is C65H43NO. The van der Waals surface area contributed by atoms with Crippen LogP contribution in [0.15, 0.2) is 265 Å². The van der Waals surface area contributed by atoms with Crippen LogP contribution in [0.25, 0.3) is 77.2 Å². The molecule has 2 heteroatoms. The number of anilines is 3. The lowest BCUT2D eigenvalue weighted by atomic mass is 9.68. The molecule has 0 bridgehead atoms. The predicted molar refractivity (Wildman–Crippen MR) is 280 cm³/mol. The van der Waals surface area contributed by atoms with Crippen molar-refractivity contribution in [3.05, 3.63) is 283 Å². The molecule has 67 heavy (non-hydrogen) atoms. The van der Waals surface area contributed by atoms with Crippen molar-refractivity contribution in [2.45, 2.75) is 5.41 Å². The van der Waals surface area contributed by atoms with Gasteiger partial charge in [0.1, 0.15) is 11.2 Å². The van der Waals surface area contributed by atoms with Gasteiger partial charge in [-0.15, -0.1) is 0 Å². The summed E-state index contributed by atoms with van der Waals surface area (Å²) in [6, 6.07) is 95.2. The summed E-state index contributed by atoms with van der Waals surface area (Å²) in [5.41, 5.74) is 19.2. The highest BCUT2D eigenvalue weighted by Crippen LogP contribution is 2.59. The molecule has 0 fully saturated rings. The summed E-state index contributed by atoms with van der Waals surface area (Å²) >= 11 is 0. The van der Waals surface area contributed by atoms with E-state index < -0.39 is 5.41 Å². The first kappa shape index (κ1) is 38.7. The molecule has 0 spiro atoms. The number of benzene rings is 11. The lowest BCUT2D eigenvalue weighted by Crippen LogP contribution is -2.28. The minimum atomic E-state index is -0.516. The highest BCUT2D eigenvalue weighted by molar-refractivity contribution is 6.06. The Hall–Kier alpha value is -8.72. The Labute approximate surface area is 390 Å². The van der Waals surface area contributed by atoms with E-state index in [9.17, 15) is 0 Å². The number of para-hydroxylation sites is 1. The van der Waals surface area contributed by atoms with Gasteiger partial charge in [-0.1, -0.05) is 200 Å². The van der Waals surface area contributed by atoms with E-state index in [0.29, 0.717) is 0 Å². The molecule has 2 nitrogen and oxygen atoms in total. The van der Waals surface area contributed by atoms with Gasteiger partial charge in [0, 0.05) is 27.7 Å². The van der Waals surface area contributed by atoms with Gasteiger partial charge in [-0.25, -0.2) is 0 Å². The molecule has 0 radical (unpaired) electrons. The average Bonchev–Trinajstić information content (AvgIpc) is 3.93. The Morgan fingerprint density at radius 3 is 1.43 bits per heavy atom. The summed E-state index contributed by atoms with van der Waals surface area (Å²) in [4.78, 5) is 2.45. The van der Waals surface area contributed by atoms with Gasteiger partial charge in [0.25, 0.3) is 0 Å². The third-order valence-electron chi connectivity index (χ3n) is 13.9. The Morgan fingerprint density at radius 1 is 0.313 bits per heavy atom. The van der Waals surface area contributed by atoms with Gasteiger partial charge in [0.05, 0.1) is 11.1 Å². The summed E-state index contributed by atoms with van der Waals surface area (Å²) in [6.45, 7) is 0. The van der Waals surface area contributed by atoms with Crippen LogP contribution in [0.3, 0.4) is 0 Å². The summed E-state index contributed by atoms with van der Waals surface area (Å²) in [7, 11) is 0. The first-order chi connectivity index (χ1) is 33.2. The van der Waals surface area contributed by atoms with Crippen molar-refractivity contribution in [1.29, 1.82) is 0 Å². The molecule has 11 aromatic carbocycles. The zero-order chi connectivity index (χ0) is 44.3. The summed E-state index contributed by atoms with van der Waals surface area (Å²) in [5.74, 6) is 0. The SMILES string of the molecule is c1ccc(-c2ccc3cc(-c4ccc(N(c5ccc(-c6ccc7oc8ccccc8c7c6)cc5)c5cccc6c5-c5ccccc5C6(c5ccccc5)c5ccccc5)cc4)ccc3c2)cc1. The lowest BCUT2D eigenvalue weighted by Gasteiger charge is -2.34. The number of furan rings is 1. The molecule has 0 saturated heterocycles. The van der Waals surface area contributed by atoms with Gasteiger partial charge in [0.2, 0.25) is 0 Å². The largest absolute Gasteiger partial charge is 0.456 e. The van der Waals surface area contributed by atoms with Crippen LogP contribution in [0.4, 0.5) is 17.1 Å². The van der Waals surface area contributed by atoms with Crippen LogP contribution in [-0.4, -0.2) is 0 Å². The van der Waals surface area contributed by atoms with E-state index in [1.165, 1.54) is 66.4 Å². The molecule has 1 aliphatic carbocycles. The fourth-order valence-corrected chi connectivity index (χ4v) is 10.8. The van der Waals surface area contributed by atoms with E-state index in [2.05, 4.69) is 254 Å². The van der Waals surface area contributed by atoms with Gasteiger partial charge in [0.15, 0.2) is 0 Å². The lowest BCUT2D eigenvalue weighted by molar-refractivity contribution is 0.669. The predicted octanol–water partition coefficient (Wildman–Crippen LogP) is 17.6. The normalized spacial score (nSPS) is 12.6. The molecule has 314 valence electrons. The number of fused-ring (bicyclic) bond motifs is 7. The number of rotatable bonds is 8. The highest BCUT2D eigenvalue weighted by atomic mass is 16.3. The Morgan fingerprint density at radius 2 is 0.791 bits per heavy atom. The van der Waals surface area contributed by atoms with Crippen LogP contribution in [0.2, 0.25) is 0 Å². The minimum Gasteiger partial charge on any atom is -0.456 e. The first-order valence-electron chi connectivity index (χ1n) is 23.1. The van der Waals surface area contributed by atoms with Gasteiger partial charge in [-0.2, -0.15) is 0 Å². The van der Waals surface area contributed by atoms with Crippen molar-refractivity contribution >= 4 is 49.8 Å². The van der Waals surface area contributed by atoms with E-state index in [0.717, 1.165) is 50.1 Å². The quantitative estimate of drug-likeness (QED) is 0.151. The number of nitrogens with zero attached hydrogens (tertiary/aromatic N) is 1. The van der Waals surface area contributed by atoms with Crippen LogP contribution in [0.5, 0.6) is 0 Å². The van der Waals surface area contributed by atoms with Crippen LogP contribution in [0.1, 0.15) is 22.3 Å². The first-order valence-corrected chi connectivity index (χ1v) is 23.1. The average molecular weight is 854 g/mol. The monoisotopic (exact) mass is 853 g/mol. The van der Waals surface area contributed by atoms with E-state index in [4.69, 9.17) is 4.42 Å². The molecule has 13 rings (SSSR count). The van der Waals surface area contributed by atoms with Gasteiger partial charge >= 0.3 is 0 Å². The van der Waals surface area contributed by atoms with Crippen molar-refractivity contribution in [3.63, 3.8) is 0 Å². The Bertz CT molecular complexity index is 3740. The third kappa shape index (κ3) is 6.33. The van der Waals surface area contributed by atoms with Crippen molar-refractivity contribution in [1.82, 2.24) is 0 Å². The van der Waals surface area contributed by atoms with Gasteiger partial charge in [-0.3, -0.25) is 0 Å². The molecule has 1 aromatic heterocycles. The molecule has 0 aliphatic heterocycles. The Balaban J connectivity index is 0.962. The van der Waals surface area contributed by atoms with Crippen LogP contribution in [0, 0.1) is 0 Å². The summed E-state index contributed by atoms with van der Waals surface area (Å²) < 4.78 is 6.19. The van der Waals surface area contributed by atoms with Crippen LogP contribution >= 0.6 is 0 Å². The highest BCUT2D eigenvalue weighted by Gasteiger charge is 2.47. The standard InChI is InChI=1S/C65H43NO/c1-4-15-44(16-5-1)47-27-29-50-42-48(28-30-49(50)41-47)45-31-36-54(37-32-45)66(55-38-33-46(34-39-55)51-35-40-63-58(43-51)56-21-11-13-26-62(56)67-63)61-25-14-24-60-64(61)57-22-10-12-23-59(57)65(60,52-17-6-2-7-18-52)53-19-8-3-9-20-53/h1-43H. The summed E-state index contributed by atoms with van der Waals surface area (Å²) in [5, 5.41) is 4.71. The summed E-state index contributed by atoms with van der Waals surface area (Å²) in [6.07, 6.45) is 0. The zero-order valence-electron chi connectivity index (χ0n) is 36.7. The zero-order valence-corrected chi connectivity index (χ0v) is 36.7. The molecule has 1 heterocycles. The minimum absolute atomic E-state index is 0.516. The van der Waals surface area contributed by atoms with Crippen molar-refractivity contribution in [2.75, 3.05) is 4.90 Å². The maximum atomic E-state index is 6.19. The van der Waals surface area contributed by atoms with Crippen LogP contribution < -0.4 is 4.90 Å². The molecule has 0 amide bonds. The van der Waals surface area contributed by atoms with E-state index in [-0.39, 0.29) is 0 Å². The Kier molecular flexibility index (Phi) is 9.11. The maximum absolute atomic E-state index is 6.19. The van der Waals surface area contributed by atoms with Crippen LogP contribution in [-0.2, 0) is 5.41 Å². The van der Waals surface area contributed by atoms with Gasteiger partial charge in [-0.05, 0) is 133 Å². The topological polar surface area (TPSA) is 16.4 Å². The van der Waals surface area contributed by atoms with Crippen molar-refractivity contribution < 1.29 is 4.42 Å². The smallest absolute Gasteiger partial charge is 0.135 e. The second-order valence-electron chi connectivity index (χ2n) is 17.6. The molecule has 1 aliphatic rings. The van der Waals surface area contributed by atoms with Crippen molar-refractivity contribution in [2.24, 2.45) is 0 Å². The second kappa shape index (κ2) is 15.8. The maximum Gasteiger partial charge on any atom is 0.135 e. The van der Waals surface area contributed by atoms with Gasteiger partial charge < -0.3 is 9.32 Å². The number of hydrogen-bond donors (Lipinski definition) is 0. The molecule has 0 saturated carbocycles. The second-order valence-corrected chi connectivity index (χ2v) is 17.6. The third-order valence-corrected chi connectivity index (χ3v) is 13.9. The molecular weight excluding hydrogens is 811 g/mol. The molecule has 12 aromatic rings. The van der Waals surface area contributed by atoms with E-state index in [1.54, 1.807) is 0 Å². The fourth-order valence-electron chi connectivity index (χ4n) is 10.8. The number of hydrogen-bond acceptors (Lipinski definition) is 2. The molecule has 0 atom stereocenters.